The van der Waals surface area contributed by atoms with Gasteiger partial charge in [0.15, 0.2) is 0 Å². The molecule has 0 unspecified atom stereocenters. The summed E-state index contributed by atoms with van der Waals surface area (Å²) in [5, 5.41) is -7.85. The summed E-state index contributed by atoms with van der Waals surface area (Å²) in [5.41, 5.74) is -5.91. The van der Waals surface area contributed by atoms with Crippen LogP contribution in [-0.2, 0) is 0 Å². The average molecular weight is 677 g/mol. The van der Waals surface area contributed by atoms with Crippen LogP contribution < -0.4 is 0 Å². The van der Waals surface area contributed by atoms with Crippen molar-refractivity contribution >= 4 is 75.8 Å². The molecule has 0 aliphatic carbocycles. The highest BCUT2D eigenvalue weighted by Gasteiger charge is 2.19. The molecule has 0 fully saturated rings. The lowest BCUT2D eigenvalue weighted by atomic mass is 9.85. The third-order valence-corrected chi connectivity index (χ3v) is 8.57. The monoisotopic (exact) mass is 676 g/mol. The van der Waals surface area contributed by atoms with Gasteiger partial charge in [-0.1, -0.05) is 157 Å². The standard InChI is InChI=1S/C50H30O/c1-2-13-33-29-35(24-23-31(33)11-1)47-41-16-5-7-18-43(41)48(44-19-8-6-17-42(44)47)36-25-27-37-34(30-36)14-9-20-39(37)40-21-10-22-45-50(40)49-38-15-4-3-12-32(38)26-28-46(49)51-45/h1-30H/i1D,2D,3D,4D,5D,6D,7D,8D,9D,10D,11D,12D,13D,14D,15D,16D,17D,18D,19D,20D,21D,22D,23D,24D,25D,26D,27D,28D,29D,30D. The molecule has 0 aliphatic rings. The van der Waals surface area contributed by atoms with E-state index >= 15 is 0 Å². The lowest BCUT2D eigenvalue weighted by Gasteiger charge is -2.18. The fraction of sp³-hybridized carbons (Fsp3) is 0. The molecule has 0 saturated carbocycles. The van der Waals surface area contributed by atoms with E-state index in [2.05, 4.69) is 0 Å². The molecule has 1 nitrogen and oxygen atoms in total. The number of hydrogen-bond donors (Lipinski definition) is 0. The Morgan fingerprint density at radius 2 is 0.824 bits per heavy atom. The van der Waals surface area contributed by atoms with Crippen LogP contribution in [0.4, 0.5) is 0 Å². The summed E-state index contributed by atoms with van der Waals surface area (Å²) >= 11 is 0. The number of furan rings is 1. The molecule has 10 aromatic carbocycles. The van der Waals surface area contributed by atoms with E-state index in [9.17, 15) is 17.8 Å². The van der Waals surface area contributed by atoms with Crippen molar-refractivity contribution in [3.8, 4) is 33.4 Å². The van der Waals surface area contributed by atoms with E-state index in [1.807, 2.05) is 0 Å². The summed E-state index contributed by atoms with van der Waals surface area (Å²) in [5.74, 6) is 0. The van der Waals surface area contributed by atoms with Crippen molar-refractivity contribution in [3.63, 3.8) is 0 Å². The second-order valence-electron chi connectivity index (χ2n) is 11.3. The van der Waals surface area contributed by atoms with E-state index < -0.39 is 290 Å². The van der Waals surface area contributed by atoms with Crippen molar-refractivity contribution < 1.29 is 45.5 Å². The smallest absolute Gasteiger partial charge is 0.136 e. The minimum atomic E-state index is -1.13. The van der Waals surface area contributed by atoms with E-state index in [0.29, 0.717) is 0 Å². The first-order valence-electron chi connectivity index (χ1n) is 30.2. The Balaban J connectivity index is 1.40. The summed E-state index contributed by atoms with van der Waals surface area (Å²) in [7, 11) is 0. The lowest BCUT2D eigenvalue weighted by Crippen LogP contribution is -1.91. The van der Waals surface area contributed by atoms with Crippen LogP contribution in [0, 0.1) is 0 Å². The van der Waals surface area contributed by atoms with E-state index in [1.165, 1.54) is 0 Å². The zero-order chi connectivity index (χ0) is 59.6. The quantitative estimate of drug-likeness (QED) is 0.170. The van der Waals surface area contributed by atoms with Crippen LogP contribution in [0.15, 0.2) is 186 Å². The van der Waals surface area contributed by atoms with Gasteiger partial charge in [0.25, 0.3) is 0 Å². The van der Waals surface area contributed by atoms with Crippen molar-refractivity contribution in [1.29, 1.82) is 0 Å². The molecule has 11 rings (SSSR count). The molecule has 236 valence electrons. The minimum absolute atomic E-state index is 0.434. The van der Waals surface area contributed by atoms with Gasteiger partial charge in [0.05, 0.1) is 41.1 Å². The van der Waals surface area contributed by atoms with Gasteiger partial charge in [-0.2, -0.15) is 0 Å². The number of rotatable bonds is 3. The molecule has 0 aliphatic heterocycles. The molecule has 0 amide bonds. The second kappa shape index (κ2) is 10.9. The van der Waals surface area contributed by atoms with Crippen LogP contribution in [0.3, 0.4) is 0 Å². The fourth-order valence-electron chi connectivity index (χ4n) is 6.45. The Morgan fingerprint density at radius 1 is 0.314 bits per heavy atom. The molecule has 1 aromatic heterocycles. The topological polar surface area (TPSA) is 13.1 Å². The van der Waals surface area contributed by atoms with Gasteiger partial charge in [0.2, 0.25) is 0 Å². The molecule has 0 radical (unpaired) electrons. The highest BCUT2D eigenvalue weighted by Crippen LogP contribution is 2.46. The van der Waals surface area contributed by atoms with Crippen molar-refractivity contribution in [2.45, 2.75) is 0 Å². The third kappa shape index (κ3) is 4.22. The van der Waals surface area contributed by atoms with Gasteiger partial charge in [0, 0.05) is 10.8 Å². The summed E-state index contributed by atoms with van der Waals surface area (Å²) < 4.78 is 279. The predicted molar refractivity (Wildman–Crippen MR) is 218 cm³/mol. The number of benzene rings is 10. The molecular formula is C50H30O. The van der Waals surface area contributed by atoms with Crippen molar-refractivity contribution in [1.82, 2.24) is 0 Å². The molecular weight excluding hydrogens is 617 g/mol. The number of fused-ring (bicyclic) bond motifs is 9. The van der Waals surface area contributed by atoms with Crippen LogP contribution in [0.2, 0.25) is 0 Å². The van der Waals surface area contributed by atoms with Crippen molar-refractivity contribution in [2.24, 2.45) is 0 Å². The fourth-order valence-corrected chi connectivity index (χ4v) is 6.45. The van der Waals surface area contributed by atoms with E-state index in [1.54, 1.807) is 0 Å². The maximum atomic E-state index is 10.0. The minimum Gasteiger partial charge on any atom is -0.456 e. The normalized spacial score (nSPS) is 20.2. The maximum Gasteiger partial charge on any atom is 0.136 e. The van der Waals surface area contributed by atoms with Gasteiger partial charge in [0.1, 0.15) is 11.2 Å². The zero-order valence-corrected chi connectivity index (χ0v) is 25.4. The zero-order valence-electron chi connectivity index (χ0n) is 55.4. The summed E-state index contributed by atoms with van der Waals surface area (Å²) in [6.07, 6.45) is 0. The van der Waals surface area contributed by atoms with E-state index in [4.69, 9.17) is 27.7 Å². The molecule has 0 saturated heterocycles. The summed E-state index contributed by atoms with van der Waals surface area (Å²) in [6.45, 7) is 0. The lowest BCUT2D eigenvalue weighted by molar-refractivity contribution is 0.669. The molecule has 51 heavy (non-hydrogen) atoms. The van der Waals surface area contributed by atoms with Crippen molar-refractivity contribution in [3.05, 3.63) is 181 Å². The van der Waals surface area contributed by atoms with E-state index in [-0.39, 0.29) is 0 Å². The van der Waals surface area contributed by atoms with Crippen LogP contribution in [0.25, 0.3) is 109 Å². The molecule has 1 heterocycles. The average Bonchev–Trinajstić information content (AvgIpc) is 4.09. The highest BCUT2D eigenvalue weighted by atomic mass is 16.3. The number of hydrogen-bond acceptors (Lipinski definition) is 1. The van der Waals surface area contributed by atoms with Gasteiger partial charge in [-0.15, -0.1) is 0 Å². The van der Waals surface area contributed by atoms with Gasteiger partial charge in [-0.3, -0.25) is 0 Å². The first-order chi connectivity index (χ1) is 37.8. The summed E-state index contributed by atoms with van der Waals surface area (Å²) in [6, 6.07) is -28.3. The first kappa shape index (κ1) is 11.7. The van der Waals surface area contributed by atoms with Gasteiger partial charge < -0.3 is 4.42 Å². The predicted octanol–water partition coefficient (Wildman–Crippen LogP) is 14.4. The Kier molecular flexibility index (Phi) is 2.50. The largest absolute Gasteiger partial charge is 0.456 e. The van der Waals surface area contributed by atoms with Crippen LogP contribution in [0.5, 0.6) is 0 Å². The van der Waals surface area contributed by atoms with Gasteiger partial charge in [-0.05, 0) is 111 Å². The summed E-state index contributed by atoms with van der Waals surface area (Å²) in [4.78, 5) is 0. The Hall–Kier alpha value is -6.70. The van der Waals surface area contributed by atoms with Crippen LogP contribution in [0.1, 0.15) is 41.1 Å². The SMILES string of the molecule is [2H]c1c([2H])c(-c2c([2H])c([2H])c([2H])c3c([2H])c(-c4c5c([2H])c([2H])c([2H])c([2H])c5c(-c5c([2H])c([2H])c6c([2H])c([2H])c([2H])c([2H])c6c5[2H])c5c([2H])c([2H])c([2H])c([2H])c45)c([2H])c([2H])c23)c2c(oc3c([2H])c([2H])c4c([2H])c([2H])c([2H])c([2H])c4c32)c1[2H]. The molecule has 1 heteroatoms. The van der Waals surface area contributed by atoms with Crippen molar-refractivity contribution in [2.75, 3.05) is 0 Å². The van der Waals surface area contributed by atoms with E-state index in [0.717, 1.165) is 0 Å². The van der Waals surface area contributed by atoms with Crippen LogP contribution in [-0.4, -0.2) is 0 Å². The Morgan fingerprint density at radius 3 is 1.55 bits per heavy atom. The van der Waals surface area contributed by atoms with Gasteiger partial charge >= 0.3 is 0 Å². The third-order valence-electron chi connectivity index (χ3n) is 8.57. The first-order valence-corrected chi connectivity index (χ1v) is 15.2. The van der Waals surface area contributed by atoms with Crippen LogP contribution >= 0.6 is 0 Å². The Bertz CT molecular complexity index is 4850. The molecule has 0 atom stereocenters. The molecule has 0 bridgehead atoms. The second-order valence-corrected chi connectivity index (χ2v) is 11.3. The van der Waals surface area contributed by atoms with Gasteiger partial charge in [-0.25, -0.2) is 0 Å². The molecule has 11 aromatic rings. The molecule has 0 N–H and O–H groups in total. The molecule has 0 spiro atoms. The maximum absolute atomic E-state index is 10.0. The Labute approximate surface area is 336 Å². The highest BCUT2D eigenvalue weighted by molar-refractivity contribution is 6.25.